The molecule has 0 spiro atoms. The third kappa shape index (κ3) is 25.9. The van der Waals surface area contributed by atoms with E-state index in [1.54, 1.807) is 94.4 Å². The van der Waals surface area contributed by atoms with Gasteiger partial charge in [0.15, 0.2) is 0 Å². The quantitative estimate of drug-likeness (QED) is 0.0406. The van der Waals surface area contributed by atoms with E-state index in [0.717, 1.165) is 12.5 Å². The summed E-state index contributed by atoms with van der Waals surface area (Å²) >= 11 is 5.23. The standard InChI is InChI=1S/C17H21NO8S.C15H19NO7S.C14H17NO5.C8H7ClO2.C4H9NO2.Ac/c1-10-13(6-5-7-15(10)25-12(3)20)17-18-14(8-24-17)16(9-23-11(2)19)26-27(4,21)22;1-9-11(5-4-6-13(9)22-10(2)17)15(18)16-12-7-21-8-14(12)23-24(3,19)20;1-8-10(4-3-5-13(8)20-9(2)16)14(18)15-11-6-19-7-12(11)17;1-5-6(8(9)11)3-2-4-7(5)10;5-3-1-7-2-4(3)6;/h5-7,14,16H,8-9H2,1-4H3;4-6,12,14H,7-8H2,1-3H3,(H,16,18);3-5,11-12,17H,6-7H2,1-2H3,(H,15,18);2-4,10H,1H3;3-4,6H,1-2,5H2;/t14?,16-;12-,14-;11-,12-;;3-,4-;/m000.0./s1. The fourth-order valence-electron chi connectivity index (χ4n) is 8.28. The maximum atomic E-state index is 12.5. The number of phenolic OH excluding ortho intramolecular Hbond substituents is 1. The molecule has 3 saturated heterocycles. The first-order chi connectivity index (χ1) is 41.7. The molecule has 90 heavy (non-hydrogen) atoms. The van der Waals surface area contributed by atoms with E-state index in [2.05, 4.69) is 15.6 Å². The molecule has 4 aromatic rings. The van der Waals surface area contributed by atoms with E-state index in [1.807, 2.05) is 0 Å². The van der Waals surface area contributed by atoms with Crippen molar-refractivity contribution in [3.05, 3.63) is 117 Å². The summed E-state index contributed by atoms with van der Waals surface area (Å²) in [5.41, 5.74) is 9.23. The van der Waals surface area contributed by atoms with Gasteiger partial charge in [0.1, 0.15) is 54.5 Å². The van der Waals surface area contributed by atoms with Crippen LogP contribution in [0.1, 0.15) is 86.6 Å². The number of aliphatic imine (C=N–C) groups is 1. The van der Waals surface area contributed by atoms with Crippen LogP contribution in [0.25, 0.3) is 0 Å². The first-order valence-electron chi connectivity index (χ1n) is 27.1. The van der Waals surface area contributed by atoms with Crippen LogP contribution in [0, 0.1) is 71.8 Å². The molecule has 3 fully saturated rings. The Balaban J connectivity index is 0.000000310. The molecule has 8 rings (SSSR count). The molecule has 4 aliphatic rings. The molecule has 0 bridgehead atoms. The Bertz CT molecular complexity index is 3440. The van der Waals surface area contributed by atoms with Crippen molar-refractivity contribution < 1.29 is 156 Å². The Morgan fingerprint density at radius 1 is 0.611 bits per heavy atom. The summed E-state index contributed by atoms with van der Waals surface area (Å²) in [6.07, 6.45) is -1.08. The molecular weight excluding hydrogens is 1460 g/mol. The first kappa shape index (κ1) is 78.2. The summed E-state index contributed by atoms with van der Waals surface area (Å²) in [4.78, 5) is 84.0. The molecule has 0 saturated carbocycles. The molecule has 4 aliphatic heterocycles. The molecule has 32 heteroatoms. The number of benzene rings is 4. The number of ether oxygens (including phenoxy) is 8. The number of phenols is 1. The number of rotatable bonds is 16. The predicted molar refractivity (Wildman–Crippen MR) is 318 cm³/mol. The van der Waals surface area contributed by atoms with Crippen LogP contribution in [-0.4, -0.2) is 193 Å². The number of carbonyl (C=O) groups is 7. The van der Waals surface area contributed by atoms with E-state index in [1.165, 1.54) is 33.8 Å². The van der Waals surface area contributed by atoms with E-state index in [0.29, 0.717) is 75.0 Å². The Hall–Kier alpha value is -6.05. The Morgan fingerprint density at radius 2 is 1.08 bits per heavy atom. The van der Waals surface area contributed by atoms with Crippen molar-refractivity contribution in [2.75, 3.05) is 65.4 Å². The van der Waals surface area contributed by atoms with Crippen LogP contribution in [0.5, 0.6) is 23.0 Å². The monoisotopic (exact) mass is 1540 g/mol. The number of aromatic hydroxyl groups is 1. The minimum atomic E-state index is -3.79. The zero-order chi connectivity index (χ0) is 66.5. The smallest absolute Gasteiger partial charge is 0.308 e. The number of halogens is 1. The van der Waals surface area contributed by atoms with Gasteiger partial charge in [-0.3, -0.25) is 41.9 Å². The second-order valence-electron chi connectivity index (χ2n) is 20.2. The molecule has 0 aliphatic carbocycles. The van der Waals surface area contributed by atoms with Crippen LogP contribution in [-0.2, 0) is 71.5 Å². The van der Waals surface area contributed by atoms with Crippen molar-refractivity contribution in [1.29, 1.82) is 0 Å². The van der Waals surface area contributed by atoms with Crippen LogP contribution < -0.4 is 30.6 Å². The van der Waals surface area contributed by atoms with Gasteiger partial charge < -0.3 is 69.6 Å². The normalized spacial score (nSPS) is 20.0. The van der Waals surface area contributed by atoms with Crippen LogP contribution in [0.2, 0.25) is 0 Å². The zero-order valence-electron chi connectivity index (χ0n) is 50.9. The van der Waals surface area contributed by atoms with Gasteiger partial charge in [0.2, 0.25) is 5.90 Å². The molecular formula is C58H73AcClN4O24S2. The third-order valence-electron chi connectivity index (χ3n) is 12.8. The van der Waals surface area contributed by atoms with Crippen LogP contribution in [0.3, 0.4) is 0 Å². The zero-order valence-corrected chi connectivity index (χ0v) is 58.0. The van der Waals surface area contributed by atoms with Crippen molar-refractivity contribution in [1.82, 2.24) is 10.6 Å². The molecule has 4 heterocycles. The number of hydrogen-bond donors (Lipinski definition) is 6. The Kier molecular flexibility index (Phi) is 32.0. The summed E-state index contributed by atoms with van der Waals surface area (Å²) in [6.45, 7) is 13.2. The number of amides is 2. The van der Waals surface area contributed by atoms with Gasteiger partial charge in [0.05, 0.1) is 82.5 Å². The second-order valence-corrected chi connectivity index (χ2v) is 23.7. The number of carbonyl (C=O) groups excluding carboxylic acids is 7. The Morgan fingerprint density at radius 3 is 1.51 bits per heavy atom. The van der Waals surface area contributed by atoms with E-state index < -0.39 is 97.8 Å². The van der Waals surface area contributed by atoms with Crippen LogP contribution in [0.15, 0.2) is 77.8 Å². The summed E-state index contributed by atoms with van der Waals surface area (Å²) in [7, 11) is -7.45. The number of nitrogens with one attached hydrogen (secondary N) is 2. The van der Waals surface area contributed by atoms with Gasteiger partial charge in [0.25, 0.3) is 37.3 Å². The summed E-state index contributed by atoms with van der Waals surface area (Å²) < 4.78 is 96.2. The molecule has 491 valence electrons. The van der Waals surface area contributed by atoms with Gasteiger partial charge in [-0.05, 0) is 87.8 Å². The molecule has 8 atom stereocenters. The van der Waals surface area contributed by atoms with Gasteiger partial charge in [-0.1, -0.05) is 24.3 Å². The average Bonchev–Trinajstić information content (AvgIpc) is 1.63. The largest absolute Gasteiger partial charge is 0.508 e. The summed E-state index contributed by atoms with van der Waals surface area (Å²) in [5, 5.41) is 32.4. The van der Waals surface area contributed by atoms with Gasteiger partial charge >= 0.3 is 23.9 Å². The number of aliphatic hydroxyl groups is 2. The third-order valence-corrected chi connectivity index (χ3v) is 14.2. The van der Waals surface area contributed by atoms with Crippen LogP contribution >= 0.6 is 11.6 Å². The fourth-order valence-corrected chi connectivity index (χ4v) is 9.75. The summed E-state index contributed by atoms with van der Waals surface area (Å²) in [6, 6.07) is 17.5. The van der Waals surface area contributed by atoms with Crippen molar-refractivity contribution in [2.45, 2.75) is 104 Å². The minimum absolute atomic E-state index is 0. The number of nitrogens with zero attached hydrogens (tertiary/aromatic N) is 1. The molecule has 1 radical (unpaired) electrons. The molecule has 28 nitrogen and oxygen atoms in total. The second kappa shape index (κ2) is 36.9. The van der Waals surface area contributed by atoms with Gasteiger partial charge in [0, 0.05) is 116 Å². The SMILES string of the molecule is CC(=O)OC[C@H](OS(C)(=O)=O)C1COC(c2cccc(OC(C)=O)c2C)=N1.CC(=O)Oc1cccc(C(=O)N[C@H]2COC[C@@H]2O)c1C.CC(=O)Oc1cccc(C(=O)N[C@H]2COC[C@@H]2OS(C)(=O)=O)c1C.Cc1c(O)cccc1C(=O)Cl.N[C@H]1COC[C@@H]1O.[Ac]. The average molecular weight is 1540 g/mol. The van der Waals surface area contributed by atoms with Gasteiger partial charge in [-0.25, -0.2) is 4.99 Å². The summed E-state index contributed by atoms with van der Waals surface area (Å²) in [5.74, 6) is -1.32. The van der Waals surface area contributed by atoms with Crippen molar-refractivity contribution in [2.24, 2.45) is 10.7 Å². The van der Waals surface area contributed by atoms with E-state index in [9.17, 15) is 55.5 Å². The maximum Gasteiger partial charge on any atom is 0.308 e. The predicted octanol–water partition coefficient (Wildman–Crippen LogP) is 2.56. The van der Waals surface area contributed by atoms with Crippen molar-refractivity contribution in [3.63, 3.8) is 0 Å². The molecule has 0 aromatic heterocycles. The molecule has 7 N–H and O–H groups in total. The topological polar surface area (TPSA) is 403 Å². The number of nitrogens with two attached hydrogens (primary N) is 1. The van der Waals surface area contributed by atoms with E-state index >= 15 is 0 Å². The van der Waals surface area contributed by atoms with Gasteiger partial charge in [-0.2, -0.15) is 16.8 Å². The number of aliphatic hydroxyl groups excluding tert-OH is 2. The number of hydrogen-bond acceptors (Lipinski definition) is 26. The molecule has 2 amide bonds. The Labute approximate surface area is 561 Å². The molecule has 4 aromatic carbocycles. The first-order valence-corrected chi connectivity index (χ1v) is 31.1. The van der Waals surface area contributed by atoms with E-state index in [4.69, 9.17) is 73.8 Å². The fraction of sp³-hybridized carbons (Fsp3) is 0.448. The molecule has 1 unspecified atom stereocenters. The number of esters is 4. The minimum Gasteiger partial charge on any atom is -0.508 e. The van der Waals surface area contributed by atoms with Crippen LogP contribution in [0.4, 0.5) is 0 Å². The maximum absolute atomic E-state index is 12.5. The van der Waals surface area contributed by atoms with Crippen molar-refractivity contribution in [3.8, 4) is 23.0 Å². The van der Waals surface area contributed by atoms with Crippen molar-refractivity contribution >= 4 is 78.7 Å². The van der Waals surface area contributed by atoms with Gasteiger partial charge in [-0.15, -0.1) is 0 Å². The van der Waals surface area contributed by atoms with E-state index in [-0.39, 0.29) is 107 Å².